The second-order valence-corrected chi connectivity index (χ2v) is 10.2. The molecule has 1 fully saturated rings. The maximum Gasteiger partial charge on any atom is 0.219 e. The third kappa shape index (κ3) is 5.80. The van der Waals surface area contributed by atoms with Crippen LogP contribution in [0.3, 0.4) is 0 Å². The molecule has 184 valence electrons. The predicted molar refractivity (Wildman–Crippen MR) is 139 cm³/mol. The molecule has 0 radical (unpaired) electrons. The number of carbonyl (C=O) groups excluding carboxylic acids is 1. The zero-order chi connectivity index (χ0) is 24.9. The van der Waals surface area contributed by atoms with Crippen molar-refractivity contribution in [2.75, 3.05) is 18.4 Å². The van der Waals surface area contributed by atoms with E-state index in [0.29, 0.717) is 22.4 Å². The fraction of sp³-hybridized carbons (Fsp3) is 0.280. The summed E-state index contributed by atoms with van der Waals surface area (Å²) in [7, 11) is 0. The number of pyridine rings is 3. The van der Waals surface area contributed by atoms with Crippen LogP contribution in [0.25, 0.3) is 0 Å². The van der Waals surface area contributed by atoms with Gasteiger partial charge in [-0.2, -0.15) is 4.37 Å². The molecule has 11 heteroatoms. The highest BCUT2D eigenvalue weighted by Crippen LogP contribution is 2.37. The summed E-state index contributed by atoms with van der Waals surface area (Å²) in [4.78, 5) is 32.5. The molecular weight excluding hydrogens is 494 g/mol. The van der Waals surface area contributed by atoms with Gasteiger partial charge in [-0.3, -0.25) is 9.78 Å². The third-order valence-corrected chi connectivity index (χ3v) is 7.39. The maximum atomic E-state index is 11.6. The van der Waals surface area contributed by atoms with E-state index in [2.05, 4.69) is 24.6 Å². The number of anilines is 2. The lowest BCUT2D eigenvalue weighted by Crippen LogP contribution is -2.36. The van der Waals surface area contributed by atoms with Crippen molar-refractivity contribution in [2.45, 2.75) is 42.5 Å². The van der Waals surface area contributed by atoms with Crippen LogP contribution in [-0.2, 0) is 4.79 Å². The van der Waals surface area contributed by atoms with E-state index in [1.165, 1.54) is 23.3 Å². The van der Waals surface area contributed by atoms with Crippen molar-refractivity contribution >= 4 is 40.2 Å². The molecule has 0 spiro atoms. The monoisotopic (exact) mass is 519 g/mol. The smallest absolute Gasteiger partial charge is 0.219 e. The number of hydrogen-bond acceptors (Lipinski definition) is 10. The summed E-state index contributed by atoms with van der Waals surface area (Å²) in [6.07, 6.45) is 7.00. The molecule has 1 aliphatic rings. The lowest BCUT2D eigenvalue weighted by molar-refractivity contribution is -0.129. The van der Waals surface area contributed by atoms with Crippen molar-refractivity contribution in [3.05, 3.63) is 66.5 Å². The number of aromatic nitrogens is 5. The lowest BCUT2D eigenvalue weighted by atomic mass is 9.96. The fourth-order valence-corrected chi connectivity index (χ4v) is 5.30. The van der Waals surface area contributed by atoms with Gasteiger partial charge >= 0.3 is 0 Å². The van der Waals surface area contributed by atoms with Crippen LogP contribution in [0.5, 0.6) is 11.5 Å². The Labute approximate surface area is 217 Å². The molecule has 5 heterocycles. The van der Waals surface area contributed by atoms with Crippen LogP contribution < -0.4 is 10.1 Å². The first-order valence-electron chi connectivity index (χ1n) is 11.6. The van der Waals surface area contributed by atoms with Crippen molar-refractivity contribution in [3.63, 3.8) is 0 Å². The van der Waals surface area contributed by atoms with E-state index in [0.717, 1.165) is 47.4 Å². The molecule has 0 atom stereocenters. The molecule has 0 bridgehead atoms. The number of likely N-dealkylation sites (tertiary alicyclic amines) is 1. The average molecular weight is 520 g/mol. The summed E-state index contributed by atoms with van der Waals surface area (Å²) >= 11 is 2.80. The molecule has 36 heavy (non-hydrogen) atoms. The van der Waals surface area contributed by atoms with E-state index >= 15 is 0 Å². The number of ether oxygens (including phenoxy) is 1. The molecule has 1 saturated heterocycles. The number of amides is 1. The summed E-state index contributed by atoms with van der Waals surface area (Å²) in [5.74, 6) is 2.91. The van der Waals surface area contributed by atoms with E-state index in [1.54, 1.807) is 25.5 Å². The second-order valence-electron chi connectivity index (χ2n) is 8.34. The van der Waals surface area contributed by atoms with Gasteiger partial charge in [0.2, 0.25) is 11.0 Å². The zero-order valence-electron chi connectivity index (χ0n) is 19.9. The summed E-state index contributed by atoms with van der Waals surface area (Å²) in [5, 5.41) is 4.80. The topological polar surface area (TPSA) is 106 Å². The molecule has 0 aromatic carbocycles. The van der Waals surface area contributed by atoms with Gasteiger partial charge < -0.3 is 15.0 Å². The van der Waals surface area contributed by atoms with Gasteiger partial charge in [0.15, 0.2) is 11.6 Å². The molecule has 0 unspecified atom stereocenters. The minimum Gasteiger partial charge on any atom is -0.452 e. The van der Waals surface area contributed by atoms with Crippen molar-refractivity contribution in [2.24, 2.45) is 0 Å². The normalized spacial score (nSPS) is 14.0. The summed E-state index contributed by atoms with van der Waals surface area (Å²) in [6.45, 7) is 4.99. The number of aryl methyl sites for hydroxylation is 1. The van der Waals surface area contributed by atoms with Gasteiger partial charge in [-0.15, -0.1) is 0 Å². The Morgan fingerprint density at radius 1 is 1.11 bits per heavy atom. The van der Waals surface area contributed by atoms with Crippen molar-refractivity contribution in [1.29, 1.82) is 0 Å². The van der Waals surface area contributed by atoms with Crippen molar-refractivity contribution < 1.29 is 9.53 Å². The molecule has 1 aliphatic heterocycles. The number of nitrogens with zero attached hydrogens (tertiary/aromatic N) is 6. The number of hydrogen-bond donors (Lipinski definition) is 1. The Morgan fingerprint density at radius 2 is 1.94 bits per heavy atom. The molecule has 4 aromatic heterocycles. The molecule has 0 saturated carbocycles. The van der Waals surface area contributed by atoms with E-state index in [9.17, 15) is 4.79 Å². The highest BCUT2D eigenvalue weighted by Gasteiger charge is 2.25. The summed E-state index contributed by atoms with van der Waals surface area (Å²) < 4.78 is 10.8. The molecule has 4 aromatic rings. The van der Waals surface area contributed by atoms with Gasteiger partial charge in [-0.25, -0.2) is 15.0 Å². The van der Waals surface area contributed by atoms with Gasteiger partial charge in [0.05, 0.1) is 5.69 Å². The van der Waals surface area contributed by atoms with Gasteiger partial charge in [0.25, 0.3) is 0 Å². The number of piperidine rings is 1. The van der Waals surface area contributed by atoms with Crippen LogP contribution in [0.1, 0.15) is 37.2 Å². The van der Waals surface area contributed by atoms with Crippen LogP contribution in [-0.4, -0.2) is 48.2 Å². The Bertz CT molecular complexity index is 1340. The minimum absolute atomic E-state index is 0.120. The fourth-order valence-electron chi connectivity index (χ4n) is 3.88. The van der Waals surface area contributed by atoms with Gasteiger partial charge in [-0.05, 0) is 44.0 Å². The molecule has 0 aliphatic carbocycles. The number of rotatable bonds is 7. The Kier molecular flexibility index (Phi) is 7.38. The molecule has 1 amide bonds. The maximum absolute atomic E-state index is 11.6. The van der Waals surface area contributed by atoms with Crippen LogP contribution >= 0.6 is 23.3 Å². The molecule has 1 N–H and O–H groups in total. The van der Waals surface area contributed by atoms with E-state index in [1.807, 2.05) is 48.2 Å². The average Bonchev–Trinajstić information content (AvgIpc) is 3.36. The summed E-state index contributed by atoms with van der Waals surface area (Å²) in [5.41, 5.74) is 0.779. The largest absolute Gasteiger partial charge is 0.452 e. The van der Waals surface area contributed by atoms with Gasteiger partial charge in [0, 0.05) is 67.0 Å². The summed E-state index contributed by atoms with van der Waals surface area (Å²) in [6, 6.07) is 11.4. The number of nitrogens with one attached hydrogen (secondary N) is 1. The van der Waals surface area contributed by atoms with Crippen molar-refractivity contribution in [1.82, 2.24) is 29.2 Å². The third-order valence-electron chi connectivity index (χ3n) is 5.84. The molecular formula is C25H25N7O2S2. The SMILES string of the molecule is CC(=O)N1CCC(c2nsc(Nc3ncc(Sc4ccccn4)cc3Oc3cccnc3C)n2)CC1. The van der Waals surface area contributed by atoms with Crippen LogP contribution in [0.4, 0.5) is 10.9 Å². The van der Waals surface area contributed by atoms with E-state index < -0.39 is 0 Å². The Balaban J connectivity index is 1.36. The van der Waals surface area contributed by atoms with Crippen molar-refractivity contribution in [3.8, 4) is 11.5 Å². The first-order valence-corrected chi connectivity index (χ1v) is 13.2. The zero-order valence-corrected chi connectivity index (χ0v) is 21.6. The Hall–Kier alpha value is -3.57. The lowest BCUT2D eigenvalue weighted by Gasteiger charge is -2.29. The molecule has 5 rings (SSSR count). The predicted octanol–water partition coefficient (Wildman–Crippen LogP) is 5.44. The van der Waals surface area contributed by atoms with Crippen LogP contribution in [0.15, 0.2) is 64.9 Å². The first-order chi connectivity index (χ1) is 17.5. The van der Waals surface area contributed by atoms with Gasteiger partial charge in [0.1, 0.15) is 16.6 Å². The Morgan fingerprint density at radius 3 is 2.69 bits per heavy atom. The van der Waals surface area contributed by atoms with Gasteiger partial charge in [-0.1, -0.05) is 17.8 Å². The van der Waals surface area contributed by atoms with E-state index in [-0.39, 0.29) is 11.8 Å². The quantitative estimate of drug-likeness (QED) is 0.341. The van der Waals surface area contributed by atoms with Crippen LogP contribution in [0, 0.1) is 6.92 Å². The number of carbonyl (C=O) groups is 1. The highest BCUT2D eigenvalue weighted by atomic mass is 32.2. The molecule has 9 nitrogen and oxygen atoms in total. The highest BCUT2D eigenvalue weighted by molar-refractivity contribution is 7.99. The minimum atomic E-state index is 0.120. The standard InChI is InChI=1S/C25H25N7O2S2/c1-16-20(6-5-11-26-16)34-21-14-19(35-22-7-3-4-10-27-22)15-28-24(21)30-25-29-23(31-36-25)18-8-12-32(13-9-18)17(2)33/h3-7,10-11,14-15,18H,8-9,12-13H2,1-2H3,(H,28,29,30,31). The van der Waals surface area contributed by atoms with E-state index in [4.69, 9.17) is 9.72 Å². The first kappa shape index (κ1) is 24.1. The van der Waals surface area contributed by atoms with Crippen LogP contribution in [0.2, 0.25) is 0 Å². The second kappa shape index (κ2) is 11.0.